The van der Waals surface area contributed by atoms with Gasteiger partial charge < -0.3 is 5.73 Å². The summed E-state index contributed by atoms with van der Waals surface area (Å²) in [4.78, 5) is 2.58. The van der Waals surface area contributed by atoms with Gasteiger partial charge in [0.25, 0.3) is 0 Å². The zero-order valence-electron chi connectivity index (χ0n) is 12.0. The van der Waals surface area contributed by atoms with Gasteiger partial charge in [-0.05, 0) is 63.4 Å². The lowest BCUT2D eigenvalue weighted by Gasteiger charge is -2.35. The van der Waals surface area contributed by atoms with E-state index >= 15 is 0 Å². The van der Waals surface area contributed by atoms with Gasteiger partial charge in [0.1, 0.15) is 0 Å². The molecule has 1 aliphatic heterocycles. The highest BCUT2D eigenvalue weighted by Gasteiger charge is 2.23. The van der Waals surface area contributed by atoms with Gasteiger partial charge in [-0.3, -0.25) is 4.90 Å². The Morgan fingerprint density at radius 1 is 1.06 bits per heavy atom. The fraction of sp³-hybridized carbons (Fsp3) is 0.625. The molecule has 2 nitrogen and oxygen atoms in total. The summed E-state index contributed by atoms with van der Waals surface area (Å²) in [6, 6.07) is 4.98. The maximum absolute atomic E-state index is 6.07. The number of nitrogens with zero attached hydrogens (tertiary/aromatic N) is 1. The molecule has 2 N–H and O–H groups in total. The number of rotatable bonds is 3. The van der Waals surface area contributed by atoms with E-state index in [4.69, 9.17) is 5.73 Å². The fourth-order valence-corrected chi connectivity index (χ4v) is 3.40. The van der Waals surface area contributed by atoms with Crippen molar-refractivity contribution < 1.29 is 0 Å². The maximum Gasteiger partial charge on any atom is 0.0475 e. The second-order valence-corrected chi connectivity index (χ2v) is 5.66. The third-order valence-corrected chi connectivity index (χ3v) is 4.13. The number of benzene rings is 1. The van der Waals surface area contributed by atoms with E-state index in [0.29, 0.717) is 6.04 Å². The Balaban J connectivity index is 2.32. The number of hydrogen-bond acceptors (Lipinski definition) is 2. The molecule has 0 radical (unpaired) electrons. The quantitative estimate of drug-likeness (QED) is 0.888. The van der Waals surface area contributed by atoms with Gasteiger partial charge in [0, 0.05) is 12.6 Å². The summed E-state index contributed by atoms with van der Waals surface area (Å²) in [5.74, 6) is 0. The molecule has 1 fully saturated rings. The number of hydrogen-bond donors (Lipinski definition) is 1. The van der Waals surface area contributed by atoms with Crippen LogP contribution >= 0.6 is 0 Å². The predicted octanol–water partition coefficient (Wildman–Crippen LogP) is 3.10. The van der Waals surface area contributed by atoms with Crippen molar-refractivity contribution in [1.29, 1.82) is 0 Å². The van der Waals surface area contributed by atoms with Crippen LogP contribution < -0.4 is 5.73 Å². The summed E-state index contributed by atoms with van der Waals surface area (Å²) in [5.41, 5.74) is 11.7. The molecule has 1 atom stereocenters. The van der Waals surface area contributed by atoms with Crippen LogP contribution in [0.5, 0.6) is 0 Å². The Hall–Kier alpha value is -0.860. The normalized spacial score (nSPS) is 18.9. The smallest absolute Gasteiger partial charge is 0.0475 e. The topological polar surface area (TPSA) is 29.3 Å². The lowest BCUT2D eigenvalue weighted by atomic mass is 9.92. The Morgan fingerprint density at radius 2 is 1.61 bits per heavy atom. The standard InChI is InChI=1S/C16H26N2/c1-12-9-13(2)16(14(3)10-12)15(11-17)18-7-5-4-6-8-18/h9-10,15H,4-8,11,17H2,1-3H3. The van der Waals surface area contributed by atoms with Crippen molar-refractivity contribution >= 4 is 0 Å². The second-order valence-electron chi connectivity index (χ2n) is 5.66. The lowest BCUT2D eigenvalue weighted by molar-refractivity contribution is 0.166. The third-order valence-electron chi connectivity index (χ3n) is 4.13. The first-order valence-electron chi connectivity index (χ1n) is 7.15. The second kappa shape index (κ2) is 5.85. The molecule has 18 heavy (non-hydrogen) atoms. The van der Waals surface area contributed by atoms with Gasteiger partial charge in [-0.2, -0.15) is 0 Å². The van der Waals surface area contributed by atoms with Gasteiger partial charge in [0.2, 0.25) is 0 Å². The molecule has 1 aromatic carbocycles. The SMILES string of the molecule is Cc1cc(C)c(C(CN)N2CCCCC2)c(C)c1. The molecule has 0 saturated carbocycles. The summed E-state index contributed by atoms with van der Waals surface area (Å²) in [5, 5.41) is 0. The van der Waals surface area contributed by atoms with E-state index in [1.54, 1.807) is 0 Å². The number of nitrogens with two attached hydrogens (primary N) is 1. The van der Waals surface area contributed by atoms with Crippen LogP contribution in [0, 0.1) is 20.8 Å². The minimum atomic E-state index is 0.408. The lowest BCUT2D eigenvalue weighted by Crippen LogP contribution is -2.38. The molecule has 0 aromatic heterocycles. The van der Waals surface area contributed by atoms with Crippen LogP contribution in [0.2, 0.25) is 0 Å². The summed E-state index contributed by atoms with van der Waals surface area (Å²) in [6.07, 6.45) is 4.01. The van der Waals surface area contributed by atoms with Gasteiger partial charge in [-0.1, -0.05) is 24.1 Å². The zero-order valence-corrected chi connectivity index (χ0v) is 12.0. The summed E-state index contributed by atoms with van der Waals surface area (Å²) >= 11 is 0. The average Bonchev–Trinajstić information content (AvgIpc) is 2.34. The molecule has 2 rings (SSSR count). The largest absolute Gasteiger partial charge is 0.329 e. The van der Waals surface area contributed by atoms with Gasteiger partial charge in [-0.25, -0.2) is 0 Å². The molecule has 1 heterocycles. The highest BCUT2D eigenvalue weighted by Crippen LogP contribution is 2.29. The van der Waals surface area contributed by atoms with E-state index in [9.17, 15) is 0 Å². The van der Waals surface area contributed by atoms with E-state index in [-0.39, 0.29) is 0 Å². The fourth-order valence-electron chi connectivity index (χ4n) is 3.40. The maximum atomic E-state index is 6.07. The van der Waals surface area contributed by atoms with Gasteiger partial charge >= 0.3 is 0 Å². The predicted molar refractivity (Wildman–Crippen MR) is 77.9 cm³/mol. The zero-order chi connectivity index (χ0) is 13.1. The molecular weight excluding hydrogens is 220 g/mol. The highest BCUT2D eigenvalue weighted by atomic mass is 15.2. The average molecular weight is 246 g/mol. The van der Waals surface area contributed by atoms with E-state index in [2.05, 4.69) is 37.8 Å². The summed E-state index contributed by atoms with van der Waals surface area (Å²) in [7, 11) is 0. The van der Waals surface area contributed by atoms with Crippen LogP contribution in [-0.4, -0.2) is 24.5 Å². The minimum absolute atomic E-state index is 0.408. The van der Waals surface area contributed by atoms with E-state index in [1.165, 1.54) is 54.6 Å². The molecule has 0 aliphatic carbocycles. The molecule has 0 amide bonds. The van der Waals surface area contributed by atoms with Crippen molar-refractivity contribution in [2.24, 2.45) is 5.73 Å². The van der Waals surface area contributed by atoms with Gasteiger partial charge in [0.15, 0.2) is 0 Å². The molecule has 1 aliphatic rings. The van der Waals surface area contributed by atoms with E-state index < -0.39 is 0 Å². The summed E-state index contributed by atoms with van der Waals surface area (Å²) in [6.45, 7) is 9.75. The van der Waals surface area contributed by atoms with Crippen LogP contribution in [0.25, 0.3) is 0 Å². The minimum Gasteiger partial charge on any atom is -0.329 e. The van der Waals surface area contributed by atoms with Crippen molar-refractivity contribution in [3.05, 3.63) is 34.4 Å². The van der Waals surface area contributed by atoms with Crippen molar-refractivity contribution in [3.63, 3.8) is 0 Å². The molecule has 0 bridgehead atoms. The van der Waals surface area contributed by atoms with E-state index in [0.717, 1.165) is 6.54 Å². The van der Waals surface area contributed by atoms with Crippen molar-refractivity contribution in [2.75, 3.05) is 19.6 Å². The Bertz CT molecular complexity index is 383. The van der Waals surface area contributed by atoms with Gasteiger partial charge in [-0.15, -0.1) is 0 Å². The van der Waals surface area contributed by atoms with Crippen LogP contribution in [0.1, 0.15) is 47.6 Å². The molecule has 1 saturated heterocycles. The first-order valence-corrected chi connectivity index (χ1v) is 7.15. The third kappa shape index (κ3) is 2.76. The summed E-state index contributed by atoms with van der Waals surface area (Å²) < 4.78 is 0. The first kappa shape index (κ1) is 13.6. The number of likely N-dealkylation sites (tertiary alicyclic amines) is 1. The van der Waals surface area contributed by atoms with Crippen molar-refractivity contribution in [3.8, 4) is 0 Å². The molecule has 2 heteroatoms. The van der Waals surface area contributed by atoms with Crippen LogP contribution in [0.4, 0.5) is 0 Å². The molecule has 100 valence electrons. The van der Waals surface area contributed by atoms with Crippen molar-refractivity contribution in [1.82, 2.24) is 4.90 Å². The molecular formula is C16H26N2. The molecule has 0 spiro atoms. The Labute approximate surface area is 111 Å². The number of piperidine rings is 1. The Kier molecular flexibility index (Phi) is 4.41. The van der Waals surface area contributed by atoms with Crippen LogP contribution in [0.3, 0.4) is 0 Å². The highest BCUT2D eigenvalue weighted by molar-refractivity contribution is 5.40. The first-order chi connectivity index (χ1) is 8.63. The molecule has 1 unspecified atom stereocenters. The van der Waals surface area contributed by atoms with E-state index in [1.807, 2.05) is 0 Å². The van der Waals surface area contributed by atoms with Crippen LogP contribution in [-0.2, 0) is 0 Å². The molecule has 1 aromatic rings. The van der Waals surface area contributed by atoms with Crippen molar-refractivity contribution in [2.45, 2.75) is 46.1 Å². The Morgan fingerprint density at radius 3 is 2.11 bits per heavy atom. The number of aryl methyl sites for hydroxylation is 3. The van der Waals surface area contributed by atoms with Crippen LogP contribution in [0.15, 0.2) is 12.1 Å². The monoisotopic (exact) mass is 246 g/mol. The van der Waals surface area contributed by atoms with Gasteiger partial charge in [0.05, 0.1) is 0 Å².